The van der Waals surface area contributed by atoms with Gasteiger partial charge in [0.1, 0.15) is 0 Å². The maximum Gasteiger partial charge on any atom is 0.254 e. The van der Waals surface area contributed by atoms with Gasteiger partial charge in [0.2, 0.25) is 0 Å². The smallest absolute Gasteiger partial charge is 0.254 e. The molecule has 1 aliphatic rings. The molecule has 5 heteroatoms. The Hall–Kier alpha value is -2.79. The molecule has 3 rings (SSSR count). The van der Waals surface area contributed by atoms with Crippen molar-refractivity contribution in [2.75, 3.05) is 33.9 Å². The predicted octanol–water partition coefficient (Wildman–Crippen LogP) is 3.78. The average Bonchev–Trinajstić information content (AvgIpc) is 2.73. The monoisotopic (exact) mass is 394 g/mol. The highest BCUT2D eigenvalue weighted by atomic mass is 16.5. The highest BCUT2D eigenvalue weighted by Crippen LogP contribution is 2.34. The summed E-state index contributed by atoms with van der Waals surface area (Å²) in [6, 6.07) is 14.3. The lowest BCUT2D eigenvalue weighted by atomic mass is 10.0. The van der Waals surface area contributed by atoms with Crippen LogP contribution >= 0.6 is 0 Å². The lowest BCUT2D eigenvalue weighted by molar-refractivity contribution is 0.0475. The summed E-state index contributed by atoms with van der Waals surface area (Å²) in [7, 11) is 3.20. The molecule has 29 heavy (non-hydrogen) atoms. The first kappa shape index (κ1) is 20.9. The van der Waals surface area contributed by atoms with Crippen LogP contribution in [0.4, 0.5) is 0 Å². The van der Waals surface area contributed by atoms with Crippen molar-refractivity contribution in [3.05, 3.63) is 71.8 Å². The minimum atomic E-state index is 0.0307. The fraction of sp³-hybridized carbons (Fsp3) is 0.375. The second-order valence-electron chi connectivity index (χ2n) is 7.43. The first-order chi connectivity index (χ1) is 14.1. The quantitative estimate of drug-likeness (QED) is 0.671. The Morgan fingerprint density at radius 2 is 1.93 bits per heavy atom. The maximum absolute atomic E-state index is 13.3. The van der Waals surface area contributed by atoms with Crippen LogP contribution in [0.3, 0.4) is 0 Å². The van der Waals surface area contributed by atoms with Crippen molar-refractivity contribution in [2.24, 2.45) is 0 Å². The summed E-state index contributed by atoms with van der Waals surface area (Å²) < 4.78 is 11.0. The van der Waals surface area contributed by atoms with Gasteiger partial charge < -0.3 is 14.4 Å². The number of allylic oxidation sites excluding steroid dienone is 1. The Labute approximate surface area is 173 Å². The number of ether oxygens (including phenoxy) is 2. The van der Waals surface area contributed by atoms with Crippen molar-refractivity contribution in [1.29, 1.82) is 0 Å². The van der Waals surface area contributed by atoms with E-state index in [1.54, 1.807) is 26.4 Å². The summed E-state index contributed by atoms with van der Waals surface area (Å²) in [4.78, 5) is 17.6. The molecular weight excluding hydrogens is 364 g/mol. The minimum Gasteiger partial charge on any atom is -0.493 e. The molecule has 1 aliphatic heterocycles. The molecule has 1 saturated heterocycles. The van der Waals surface area contributed by atoms with Crippen molar-refractivity contribution in [2.45, 2.75) is 25.9 Å². The second-order valence-corrected chi connectivity index (χ2v) is 7.43. The van der Waals surface area contributed by atoms with Crippen LogP contribution in [0.1, 0.15) is 28.4 Å². The van der Waals surface area contributed by atoms with E-state index in [0.29, 0.717) is 30.0 Å². The van der Waals surface area contributed by atoms with Gasteiger partial charge in [-0.15, -0.1) is 6.58 Å². The summed E-state index contributed by atoms with van der Waals surface area (Å²) in [5, 5.41) is 0. The normalized spacial score (nSPS) is 17.1. The summed E-state index contributed by atoms with van der Waals surface area (Å²) in [5.74, 6) is 1.26. The van der Waals surface area contributed by atoms with E-state index in [1.165, 1.54) is 5.56 Å². The van der Waals surface area contributed by atoms with Crippen LogP contribution in [0.15, 0.2) is 55.1 Å². The predicted molar refractivity (Wildman–Crippen MR) is 116 cm³/mol. The molecule has 154 valence electrons. The van der Waals surface area contributed by atoms with Crippen LogP contribution in [-0.2, 0) is 13.0 Å². The third-order valence-electron chi connectivity index (χ3n) is 5.39. The second kappa shape index (κ2) is 9.61. The van der Waals surface area contributed by atoms with Gasteiger partial charge in [-0.3, -0.25) is 9.69 Å². The number of carbonyl (C=O) groups excluding carboxylic acids is 1. The summed E-state index contributed by atoms with van der Waals surface area (Å²) in [6.45, 7) is 9.25. The first-order valence-electron chi connectivity index (χ1n) is 10.0. The molecule has 5 nitrogen and oxygen atoms in total. The molecular formula is C24H30N2O3. The molecule has 0 N–H and O–H groups in total. The molecule has 1 heterocycles. The number of benzene rings is 2. The summed E-state index contributed by atoms with van der Waals surface area (Å²) in [6.07, 6.45) is 2.41. The number of carbonyl (C=O) groups is 1. The molecule has 0 spiro atoms. The molecule has 0 saturated carbocycles. The van der Waals surface area contributed by atoms with Gasteiger partial charge in [0.15, 0.2) is 11.5 Å². The van der Waals surface area contributed by atoms with Crippen molar-refractivity contribution < 1.29 is 14.3 Å². The molecule has 0 aliphatic carbocycles. The Kier molecular flexibility index (Phi) is 6.94. The standard InChI is InChI=1S/C24H30N2O3/c1-5-9-20-14-21(15-22(28-3)23(20)29-4)24(27)26-13-12-25(16-18(26)2)17-19-10-7-6-8-11-19/h5-8,10-11,14-15,18H,1,9,12-13,16-17H2,2-4H3/t18-/m1/s1. The van der Waals surface area contributed by atoms with Crippen LogP contribution in [0.25, 0.3) is 0 Å². The van der Waals surface area contributed by atoms with Gasteiger partial charge in [-0.2, -0.15) is 0 Å². The molecule has 1 fully saturated rings. The fourth-order valence-corrected chi connectivity index (χ4v) is 3.96. The number of nitrogens with zero attached hydrogens (tertiary/aromatic N) is 2. The first-order valence-corrected chi connectivity index (χ1v) is 10.0. The van der Waals surface area contributed by atoms with Gasteiger partial charge >= 0.3 is 0 Å². The Morgan fingerprint density at radius 1 is 1.17 bits per heavy atom. The van der Waals surface area contributed by atoms with Crippen LogP contribution < -0.4 is 9.47 Å². The van der Waals surface area contributed by atoms with Gasteiger partial charge in [0, 0.05) is 43.3 Å². The lowest BCUT2D eigenvalue weighted by Gasteiger charge is -2.40. The van der Waals surface area contributed by atoms with Gasteiger partial charge in [-0.05, 0) is 31.0 Å². The molecule has 0 unspecified atom stereocenters. The number of piperazine rings is 1. The molecule has 1 amide bonds. The van der Waals surface area contributed by atoms with E-state index >= 15 is 0 Å². The Balaban J connectivity index is 1.75. The highest BCUT2D eigenvalue weighted by Gasteiger charge is 2.29. The van der Waals surface area contributed by atoms with E-state index in [0.717, 1.165) is 25.2 Å². The van der Waals surface area contributed by atoms with E-state index in [2.05, 4.69) is 42.7 Å². The lowest BCUT2D eigenvalue weighted by Crippen LogP contribution is -2.53. The number of amides is 1. The Bertz CT molecular complexity index is 851. The SMILES string of the molecule is C=CCc1cc(C(=O)N2CCN(Cc3ccccc3)C[C@H]2C)cc(OC)c1OC. The Morgan fingerprint density at radius 3 is 2.55 bits per heavy atom. The van der Waals surface area contributed by atoms with Crippen molar-refractivity contribution in [1.82, 2.24) is 9.80 Å². The zero-order valence-electron chi connectivity index (χ0n) is 17.6. The summed E-state index contributed by atoms with van der Waals surface area (Å²) >= 11 is 0. The van der Waals surface area contributed by atoms with Gasteiger partial charge in [-0.25, -0.2) is 0 Å². The molecule has 0 radical (unpaired) electrons. The van der Waals surface area contributed by atoms with Crippen molar-refractivity contribution in [3.8, 4) is 11.5 Å². The largest absolute Gasteiger partial charge is 0.493 e. The van der Waals surface area contributed by atoms with E-state index in [-0.39, 0.29) is 11.9 Å². The topological polar surface area (TPSA) is 42.0 Å². The maximum atomic E-state index is 13.3. The van der Waals surface area contributed by atoms with E-state index < -0.39 is 0 Å². The minimum absolute atomic E-state index is 0.0307. The van der Waals surface area contributed by atoms with Crippen LogP contribution in [0.2, 0.25) is 0 Å². The third-order valence-corrected chi connectivity index (χ3v) is 5.39. The van der Waals surface area contributed by atoms with Crippen LogP contribution in [0.5, 0.6) is 11.5 Å². The number of hydrogen-bond donors (Lipinski definition) is 0. The molecule has 0 aromatic heterocycles. The van der Waals surface area contributed by atoms with Gasteiger partial charge in [-0.1, -0.05) is 36.4 Å². The molecule has 2 aromatic carbocycles. The van der Waals surface area contributed by atoms with Gasteiger partial charge in [0.25, 0.3) is 5.91 Å². The highest BCUT2D eigenvalue weighted by molar-refractivity contribution is 5.95. The van der Waals surface area contributed by atoms with Crippen LogP contribution in [-0.4, -0.2) is 55.6 Å². The van der Waals surface area contributed by atoms with Crippen molar-refractivity contribution >= 4 is 5.91 Å². The zero-order chi connectivity index (χ0) is 20.8. The van der Waals surface area contributed by atoms with E-state index in [9.17, 15) is 4.79 Å². The average molecular weight is 395 g/mol. The molecule has 0 bridgehead atoms. The molecule has 2 aromatic rings. The van der Waals surface area contributed by atoms with E-state index in [4.69, 9.17) is 9.47 Å². The zero-order valence-corrected chi connectivity index (χ0v) is 17.6. The van der Waals surface area contributed by atoms with Crippen molar-refractivity contribution in [3.63, 3.8) is 0 Å². The van der Waals surface area contributed by atoms with E-state index in [1.807, 2.05) is 17.0 Å². The van der Waals surface area contributed by atoms with Crippen LogP contribution in [0, 0.1) is 0 Å². The summed E-state index contributed by atoms with van der Waals surface area (Å²) in [5.41, 5.74) is 2.83. The number of rotatable bonds is 7. The van der Waals surface area contributed by atoms with Gasteiger partial charge in [0.05, 0.1) is 14.2 Å². The molecule has 1 atom stereocenters. The fourth-order valence-electron chi connectivity index (χ4n) is 3.96. The number of hydrogen-bond acceptors (Lipinski definition) is 4. The third kappa shape index (κ3) is 4.80. The number of methoxy groups -OCH3 is 2.